The molecule has 4 aromatic rings. The molecule has 0 amide bonds. The smallest absolute Gasteiger partial charge is 0.149 e. The lowest BCUT2D eigenvalue weighted by molar-refractivity contribution is 0.415. The van der Waals surface area contributed by atoms with E-state index in [4.69, 9.17) is 4.74 Å². The number of unbranched alkanes of at least 4 members (excludes halogenated alkanes) is 1. The average Bonchev–Trinajstić information content (AvgIpc) is 3.35. The number of allylic oxidation sites excluding steroid dienone is 1. The van der Waals surface area contributed by atoms with Gasteiger partial charge in [0.25, 0.3) is 0 Å². The predicted octanol–water partition coefficient (Wildman–Crippen LogP) is 6.39. The van der Waals surface area contributed by atoms with Crippen molar-refractivity contribution in [2.45, 2.75) is 40.0 Å². The first kappa shape index (κ1) is 21.5. The third-order valence-corrected chi connectivity index (χ3v) is 5.85. The summed E-state index contributed by atoms with van der Waals surface area (Å²) < 4.78 is 7.51. The molecule has 5 heteroatoms. The summed E-state index contributed by atoms with van der Waals surface area (Å²) in [6, 6.07) is 18.8. The van der Waals surface area contributed by atoms with E-state index in [9.17, 15) is 5.26 Å². The second-order valence-electron chi connectivity index (χ2n) is 8.07. The van der Waals surface area contributed by atoms with Crippen molar-refractivity contribution < 1.29 is 4.74 Å². The first-order valence-corrected chi connectivity index (χ1v) is 11.0. The van der Waals surface area contributed by atoms with Gasteiger partial charge < -0.3 is 14.3 Å². The van der Waals surface area contributed by atoms with Crippen LogP contribution in [0.4, 0.5) is 0 Å². The second-order valence-corrected chi connectivity index (χ2v) is 8.07. The molecule has 32 heavy (non-hydrogen) atoms. The third kappa shape index (κ3) is 4.17. The molecule has 0 saturated heterocycles. The molecule has 0 unspecified atom stereocenters. The Bertz CT molecular complexity index is 1320. The van der Waals surface area contributed by atoms with E-state index < -0.39 is 0 Å². The number of nitriles is 1. The Hall–Kier alpha value is -3.78. The second kappa shape index (κ2) is 9.15. The summed E-state index contributed by atoms with van der Waals surface area (Å²) in [6.07, 6.45) is 5.43. The van der Waals surface area contributed by atoms with Crippen LogP contribution in [0.1, 0.15) is 48.1 Å². The largest absolute Gasteiger partial charge is 0.497 e. The molecule has 2 aromatic carbocycles. The molecule has 0 aliphatic heterocycles. The van der Waals surface area contributed by atoms with Crippen LogP contribution in [-0.2, 0) is 6.42 Å². The van der Waals surface area contributed by atoms with Crippen molar-refractivity contribution >= 4 is 22.7 Å². The number of rotatable bonds is 7. The minimum Gasteiger partial charge on any atom is -0.497 e. The van der Waals surface area contributed by atoms with E-state index >= 15 is 0 Å². The zero-order chi connectivity index (χ0) is 22.7. The molecule has 0 atom stereocenters. The first-order valence-electron chi connectivity index (χ1n) is 11.0. The number of benzene rings is 2. The number of aromatic amines is 1. The lowest BCUT2D eigenvalue weighted by Gasteiger charge is -2.11. The van der Waals surface area contributed by atoms with E-state index in [1.54, 1.807) is 7.11 Å². The van der Waals surface area contributed by atoms with Crippen molar-refractivity contribution in [2.24, 2.45) is 0 Å². The van der Waals surface area contributed by atoms with Gasteiger partial charge in [0.15, 0.2) is 0 Å². The lowest BCUT2D eigenvalue weighted by atomic mass is 10.1. The number of imidazole rings is 1. The van der Waals surface area contributed by atoms with Crippen LogP contribution in [0, 0.1) is 25.2 Å². The van der Waals surface area contributed by atoms with Gasteiger partial charge in [-0.1, -0.05) is 25.5 Å². The number of fused-ring (bicyclic) bond motifs is 1. The molecule has 1 N–H and O–H groups in total. The fourth-order valence-electron chi connectivity index (χ4n) is 4.08. The standard InChI is InChI=1S/C27H28N4O/c1-5-6-7-20-8-10-23(11-9-20)31-18(2)14-21(19(31)3)15-22(17-28)27-29-25-13-12-24(32-4)16-26(25)30-27/h8-16H,5-7H2,1-4H3,(H,29,30)/b22-15-. The minimum atomic E-state index is 0.496. The van der Waals surface area contributed by atoms with Gasteiger partial charge in [-0.05, 0) is 74.2 Å². The highest BCUT2D eigenvalue weighted by Gasteiger charge is 2.13. The molecule has 0 bridgehead atoms. The zero-order valence-corrected chi connectivity index (χ0v) is 19.1. The summed E-state index contributed by atoms with van der Waals surface area (Å²) in [5, 5.41) is 9.84. The molecule has 162 valence electrons. The van der Waals surface area contributed by atoms with Gasteiger partial charge in [0.05, 0.1) is 23.7 Å². The molecule has 0 radical (unpaired) electrons. The van der Waals surface area contributed by atoms with Crippen LogP contribution in [0.15, 0.2) is 48.5 Å². The fraction of sp³-hybridized carbons (Fsp3) is 0.259. The Morgan fingerprint density at radius 1 is 1.16 bits per heavy atom. The molecule has 0 spiro atoms. The van der Waals surface area contributed by atoms with Crippen LogP contribution in [0.2, 0.25) is 0 Å². The van der Waals surface area contributed by atoms with Gasteiger partial charge in [-0.2, -0.15) is 5.26 Å². The Morgan fingerprint density at radius 2 is 1.94 bits per heavy atom. The van der Waals surface area contributed by atoms with Gasteiger partial charge >= 0.3 is 0 Å². The number of methoxy groups -OCH3 is 1. The number of aryl methyl sites for hydroxylation is 2. The normalized spacial score (nSPS) is 11.7. The lowest BCUT2D eigenvalue weighted by Crippen LogP contribution is -1.99. The topological polar surface area (TPSA) is 66.6 Å². The van der Waals surface area contributed by atoms with Crippen molar-refractivity contribution in [2.75, 3.05) is 7.11 Å². The number of nitrogens with one attached hydrogen (secondary N) is 1. The minimum absolute atomic E-state index is 0.496. The van der Waals surface area contributed by atoms with Crippen LogP contribution in [0.3, 0.4) is 0 Å². The number of ether oxygens (including phenoxy) is 1. The maximum absolute atomic E-state index is 9.84. The number of nitrogens with zero attached hydrogens (tertiary/aromatic N) is 3. The van der Waals surface area contributed by atoms with Gasteiger partial charge in [-0.3, -0.25) is 0 Å². The number of hydrogen-bond donors (Lipinski definition) is 1. The highest BCUT2D eigenvalue weighted by molar-refractivity contribution is 5.91. The highest BCUT2D eigenvalue weighted by atomic mass is 16.5. The number of H-pyrrole nitrogens is 1. The van der Waals surface area contributed by atoms with E-state index in [-0.39, 0.29) is 0 Å². The number of aromatic nitrogens is 3. The van der Waals surface area contributed by atoms with E-state index in [2.05, 4.69) is 71.7 Å². The van der Waals surface area contributed by atoms with E-state index in [1.807, 2.05) is 24.3 Å². The molecular weight excluding hydrogens is 396 g/mol. The van der Waals surface area contributed by atoms with Crippen LogP contribution in [0.25, 0.3) is 28.4 Å². The van der Waals surface area contributed by atoms with Crippen molar-refractivity contribution in [3.8, 4) is 17.5 Å². The predicted molar refractivity (Wildman–Crippen MR) is 130 cm³/mol. The summed E-state index contributed by atoms with van der Waals surface area (Å²) >= 11 is 0. The van der Waals surface area contributed by atoms with Gasteiger partial charge in [0.2, 0.25) is 0 Å². The molecular formula is C27H28N4O. The van der Waals surface area contributed by atoms with Gasteiger partial charge in [0.1, 0.15) is 17.6 Å². The Labute approximate surface area is 189 Å². The molecule has 4 rings (SSSR count). The third-order valence-electron chi connectivity index (χ3n) is 5.85. The maximum atomic E-state index is 9.84. The summed E-state index contributed by atoms with van der Waals surface area (Å²) in [4.78, 5) is 7.85. The molecule has 0 aliphatic rings. The monoisotopic (exact) mass is 424 g/mol. The Morgan fingerprint density at radius 3 is 2.62 bits per heavy atom. The highest BCUT2D eigenvalue weighted by Crippen LogP contribution is 2.27. The van der Waals surface area contributed by atoms with Crippen molar-refractivity contribution in [1.29, 1.82) is 5.26 Å². The van der Waals surface area contributed by atoms with Gasteiger partial charge in [0, 0.05) is 23.1 Å². The average molecular weight is 425 g/mol. The number of hydrogen-bond acceptors (Lipinski definition) is 3. The summed E-state index contributed by atoms with van der Waals surface area (Å²) in [5.41, 5.74) is 7.86. The zero-order valence-electron chi connectivity index (χ0n) is 19.1. The van der Waals surface area contributed by atoms with Crippen LogP contribution < -0.4 is 4.74 Å². The Kier molecular flexibility index (Phi) is 6.13. The quantitative estimate of drug-likeness (QED) is 0.350. The van der Waals surface area contributed by atoms with Crippen LogP contribution in [-0.4, -0.2) is 21.6 Å². The molecule has 0 fully saturated rings. The van der Waals surface area contributed by atoms with Crippen molar-refractivity contribution in [3.05, 3.63) is 76.9 Å². The summed E-state index contributed by atoms with van der Waals surface area (Å²) in [7, 11) is 1.63. The summed E-state index contributed by atoms with van der Waals surface area (Å²) in [6.45, 7) is 6.39. The summed E-state index contributed by atoms with van der Waals surface area (Å²) in [5.74, 6) is 1.31. The SMILES string of the molecule is CCCCc1ccc(-n2c(C)cc(/C=C(/C#N)c3nc4ccc(OC)cc4[nH]3)c2C)cc1. The van der Waals surface area contributed by atoms with Crippen LogP contribution >= 0.6 is 0 Å². The molecule has 2 aromatic heterocycles. The van der Waals surface area contributed by atoms with E-state index in [0.29, 0.717) is 11.4 Å². The molecule has 0 aliphatic carbocycles. The molecule has 2 heterocycles. The maximum Gasteiger partial charge on any atom is 0.149 e. The molecule has 5 nitrogen and oxygen atoms in total. The van der Waals surface area contributed by atoms with E-state index in [1.165, 1.54) is 18.4 Å². The van der Waals surface area contributed by atoms with E-state index in [0.717, 1.165) is 45.8 Å². The molecule has 0 saturated carbocycles. The van der Waals surface area contributed by atoms with Crippen molar-refractivity contribution in [1.82, 2.24) is 14.5 Å². The van der Waals surface area contributed by atoms with Crippen LogP contribution in [0.5, 0.6) is 5.75 Å². The van der Waals surface area contributed by atoms with Gasteiger partial charge in [-0.15, -0.1) is 0 Å². The fourth-order valence-corrected chi connectivity index (χ4v) is 4.08. The first-order chi connectivity index (χ1) is 15.5. The van der Waals surface area contributed by atoms with Crippen molar-refractivity contribution in [3.63, 3.8) is 0 Å². The van der Waals surface area contributed by atoms with Gasteiger partial charge in [-0.25, -0.2) is 4.98 Å². The Balaban J connectivity index is 1.68.